The lowest BCUT2D eigenvalue weighted by molar-refractivity contribution is -0.0299. The van der Waals surface area contributed by atoms with Crippen LogP contribution < -0.4 is 5.32 Å². The molecular formula is C23H22N2O5. The van der Waals surface area contributed by atoms with E-state index >= 15 is 0 Å². The molecule has 0 fully saturated rings. The van der Waals surface area contributed by atoms with Crippen LogP contribution in [-0.4, -0.2) is 36.1 Å². The highest BCUT2D eigenvalue weighted by Crippen LogP contribution is 2.35. The molecule has 3 aromatic rings. The number of aliphatic hydroxyl groups is 1. The Balaban J connectivity index is 1.92. The summed E-state index contributed by atoms with van der Waals surface area (Å²) in [4.78, 5) is 12.6. The fraction of sp³-hybridized carbons (Fsp3) is 0.217. The van der Waals surface area contributed by atoms with Crippen LogP contribution in [0.15, 0.2) is 60.7 Å². The van der Waals surface area contributed by atoms with Crippen molar-refractivity contribution in [3.05, 3.63) is 71.8 Å². The van der Waals surface area contributed by atoms with Gasteiger partial charge in [-0.2, -0.15) is 5.26 Å². The number of benzene rings is 3. The van der Waals surface area contributed by atoms with Gasteiger partial charge in [0.25, 0.3) is 0 Å². The third-order valence-corrected chi connectivity index (χ3v) is 4.79. The van der Waals surface area contributed by atoms with E-state index in [1.54, 1.807) is 42.5 Å². The second-order valence-electron chi connectivity index (χ2n) is 6.65. The van der Waals surface area contributed by atoms with Crippen molar-refractivity contribution in [1.29, 1.82) is 5.26 Å². The van der Waals surface area contributed by atoms with Gasteiger partial charge < -0.3 is 19.7 Å². The summed E-state index contributed by atoms with van der Waals surface area (Å²) in [7, 11) is 1.48. The van der Waals surface area contributed by atoms with E-state index in [1.807, 2.05) is 18.2 Å². The van der Waals surface area contributed by atoms with Crippen LogP contribution in [0.25, 0.3) is 10.8 Å². The van der Waals surface area contributed by atoms with Gasteiger partial charge in [0.15, 0.2) is 6.10 Å². The molecular weight excluding hydrogens is 384 g/mol. The topological polar surface area (TPSA) is 112 Å². The van der Waals surface area contributed by atoms with Crippen LogP contribution >= 0.6 is 0 Å². The molecule has 0 aromatic heterocycles. The summed E-state index contributed by atoms with van der Waals surface area (Å²) in [6.45, 7) is -0.147. The highest BCUT2D eigenvalue weighted by Gasteiger charge is 2.29. The van der Waals surface area contributed by atoms with Crippen molar-refractivity contribution < 1.29 is 24.5 Å². The largest absolute Gasteiger partial charge is 0.507 e. The number of aromatic hydroxyl groups is 1. The number of amides is 1. The highest BCUT2D eigenvalue weighted by atomic mass is 16.6. The Labute approximate surface area is 174 Å². The third-order valence-electron chi connectivity index (χ3n) is 4.79. The van der Waals surface area contributed by atoms with Crippen molar-refractivity contribution in [3.8, 4) is 11.8 Å². The number of aliphatic hydroxyl groups excluding tert-OH is 1. The summed E-state index contributed by atoms with van der Waals surface area (Å²) in [5.41, 5.74) is 1.60. The SMILES string of the molecule is CO[C@@H](CCO)[C@@H](OC(=O)Nc1ccc(C#N)cc1)c1ccc(O)c2ccccc12. The standard InChI is InChI=1S/C23H22N2O5/c1-29-21(12-13-26)22(19-10-11-20(27)18-5-3-2-4-17(18)19)30-23(28)25-16-8-6-15(14-24)7-9-16/h2-11,21-22,26-27H,12-13H2,1H3,(H,25,28)/t21-,22-/m0/s1. The molecule has 7 heteroatoms. The Morgan fingerprint density at radius 2 is 1.80 bits per heavy atom. The Kier molecular flexibility index (Phi) is 6.86. The quantitative estimate of drug-likeness (QED) is 0.545. The Morgan fingerprint density at radius 3 is 2.43 bits per heavy atom. The van der Waals surface area contributed by atoms with Crippen molar-refractivity contribution in [2.24, 2.45) is 0 Å². The van der Waals surface area contributed by atoms with Gasteiger partial charge in [-0.25, -0.2) is 4.79 Å². The van der Waals surface area contributed by atoms with Crippen molar-refractivity contribution in [3.63, 3.8) is 0 Å². The van der Waals surface area contributed by atoms with E-state index in [9.17, 15) is 15.0 Å². The second kappa shape index (κ2) is 9.74. The fourth-order valence-corrected chi connectivity index (χ4v) is 3.31. The van der Waals surface area contributed by atoms with Gasteiger partial charge in [0.1, 0.15) is 11.9 Å². The van der Waals surface area contributed by atoms with E-state index in [0.717, 1.165) is 0 Å². The number of fused-ring (bicyclic) bond motifs is 1. The first-order valence-electron chi connectivity index (χ1n) is 9.39. The number of nitriles is 1. The molecule has 0 saturated heterocycles. The Hall–Kier alpha value is -3.60. The summed E-state index contributed by atoms with van der Waals surface area (Å²) in [6, 6.07) is 18.8. The van der Waals surface area contributed by atoms with Gasteiger partial charge in [-0.3, -0.25) is 5.32 Å². The molecule has 1 amide bonds. The number of anilines is 1. The number of nitrogens with zero attached hydrogens (tertiary/aromatic N) is 1. The molecule has 154 valence electrons. The maximum atomic E-state index is 12.6. The lowest BCUT2D eigenvalue weighted by atomic mass is 9.95. The first kappa shape index (κ1) is 21.1. The number of hydrogen-bond donors (Lipinski definition) is 3. The zero-order chi connectivity index (χ0) is 21.5. The molecule has 0 aliphatic heterocycles. The van der Waals surface area contributed by atoms with Gasteiger partial charge in [-0.15, -0.1) is 0 Å². The van der Waals surface area contributed by atoms with Gasteiger partial charge >= 0.3 is 6.09 Å². The van der Waals surface area contributed by atoms with Gasteiger partial charge in [-0.1, -0.05) is 30.3 Å². The number of carbonyl (C=O) groups excluding carboxylic acids is 1. The molecule has 0 saturated carbocycles. The lowest BCUT2D eigenvalue weighted by Crippen LogP contribution is -2.29. The smallest absolute Gasteiger partial charge is 0.412 e. The molecule has 0 heterocycles. The van der Waals surface area contributed by atoms with Crippen LogP contribution in [0.5, 0.6) is 5.75 Å². The summed E-state index contributed by atoms with van der Waals surface area (Å²) in [5.74, 6) is 0.117. The van der Waals surface area contributed by atoms with Crippen LogP contribution in [0.1, 0.15) is 23.7 Å². The minimum Gasteiger partial charge on any atom is -0.507 e. The number of nitrogens with one attached hydrogen (secondary N) is 1. The van der Waals surface area contributed by atoms with E-state index < -0.39 is 18.3 Å². The van der Waals surface area contributed by atoms with Crippen molar-refractivity contribution in [1.82, 2.24) is 0 Å². The van der Waals surface area contributed by atoms with Gasteiger partial charge in [0.2, 0.25) is 0 Å². The van der Waals surface area contributed by atoms with Gasteiger partial charge in [-0.05, 0) is 35.7 Å². The second-order valence-corrected chi connectivity index (χ2v) is 6.65. The molecule has 3 rings (SSSR count). The summed E-state index contributed by atoms with van der Waals surface area (Å²) in [6.07, 6.45) is -1.89. The molecule has 2 atom stereocenters. The molecule has 0 aliphatic carbocycles. The minimum absolute atomic E-state index is 0.117. The van der Waals surface area contributed by atoms with Gasteiger partial charge in [0, 0.05) is 36.8 Å². The zero-order valence-corrected chi connectivity index (χ0v) is 16.4. The van der Waals surface area contributed by atoms with E-state index in [1.165, 1.54) is 13.2 Å². The zero-order valence-electron chi connectivity index (χ0n) is 16.4. The summed E-state index contributed by atoms with van der Waals surface area (Å²) < 4.78 is 11.2. The number of methoxy groups -OCH3 is 1. The van der Waals surface area contributed by atoms with Crippen LogP contribution in [0, 0.1) is 11.3 Å². The van der Waals surface area contributed by atoms with E-state index in [-0.39, 0.29) is 18.8 Å². The molecule has 0 spiro atoms. The Bertz CT molecular complexity index is 1060. The van der Waals surface area contributed by atoms with E-state index in [2.05, 4.69) is 5.32 Å². The number of rotatable bonds is 7. The average molecular weight is 406 g/mol. The number of phenols is 1. The fourth-order valence-electron chi connectivity index (χ4n) is 3.31. The van der Waals surface area contributed by atoms with E-state index in [4.69, 9.17) is 14.7 Å². The minimum atomic E-state index is -0.828. The molecule has 0 unspecified atom stereocenters. The normalized spacial score (nSPS) is 12.7. The number of ether oxygens (including phenoxy) is 2. The molecule has 7 nitrogen and oxygen atoms in total. The Morgan fingerprint density at radius 1 is 1.10 bits per heavy atom. The van der Waals surface area contributed by atoms with Gasteiger partial charge in [0.05, 0.1) is 11.6 Å². The summed E-state index contributed by atoms with van der Waals surface area (Å²) >= 11 is 0. The predicted molar refractivity (Wildman–Crippen MR) is 112 cm³/mol. The van der Waals surface area contributed by atoms with Crippen LogP contribution in [0.2, 0.25) is 0 Å². The van der Waals surface area contributed by atoms with Crippen molar-refractivity contribution >= 4 is 22.6 Å². The average Bonchev–Trinajstić information content (AvgIpc) is 2.77. The molecule has 0 radical (unpaired) electrons. The first-order valence-corrected chi connectivity index (χ1v) is 9.39. The number of hydrogen-bond acceptors (Lipinski definition) is 6. The maximum Gasteiger partial charge on any atom is 0.412 e. The molecule has 3 N–H and O–H groups in total. The maximum absolute atomic E-state index is 12.6. The first-order chi connectivity index (χ1) is 14.6. The van der Waals surface area contributed by atoms with Crippen molar-refractivity contribution in [2.75, 3.05) is 19.0 Å². The summed E-state index contributed by atoms with van der Waals surface area (Å²) in [5, 5.41) is 32.5. The molecule has 0 aliphatic rings. The van der Waals surface area contributed by atoms with Crippen LogP contribution in [0.4, 0.5) is 10.5 Å². The number of carbonyl (C=O) groups is 1. The van der Waals surface area contributed by atoms with Crippen LogP contribution in [0.3, 0.4) is 0 Å². The number of phenolic OH excluding ortho intramolecular Hbond substituents is 1. The third kappa shape index (κ3) is 4.69. The monoisotopic (exact) mass is 406 g/mol. The molecule has 30 heavy (non-hydrogen) atoms. The van der Waals surface area contributed by atoms with Crippen LogP contribution in [-0.2, 0) is 9.47 Å². The molecule has 0 bridgehead atoms. The molecule has 3 aromatic carbocycles. The highest BCUT2D eigenvalue weighted by molar-refractivity contribution is 5.91. The lowest BCUT2D eigenvalue weighted by Gasteiger charge is -2.27. The van der Waals surface area contributed by atoms with Crippen molar-refractivity contribution in [2.45, 2.75) is 18.6 Å². The predicted octanol–water partition coefficient (Wildman–Crippen LogP) is 4.10. The van der Waals surface area contributed by atoms with E-state index in [0.29, 0.717) is 27.6 Å².